The number of hydrogen-bond acceptors (Lipinski definition) is 3. The Balaban J connectivity index is 1.74. The van der Waals surface area contributed by atoms with Crippen LogP contribution in [0.1, 0.15) is 86.6 Å². The molecule has 0 spiro atoms. The van der Waals surface area contributed by atoms with Gasteiger partial charge in [-0.05, 0) is 49.3 Å². The van der Waals surface area contributed by atoms with Gasteiger partial charge in [0, 0.05) is 10.8 Å². The zero-order valence-electron chi connectivity index (χ0n) is 13.2. The molecule has 2 fully saturated rings. The van der Waals surface area contributed by atoms with Crippen molar-refractivity contribution >= 4 is 34.2 Å². The summed E-state index contributed by atoms with van der Waals surface area (Å²) in [4.78, 5) is 6.31. The highest BCUT2D eigenvalue weighted by Crippen LogP contribution is 2.43. The molecule has 0 bridgehead atoms. The smallest absolute Gasteiger partial charge is 0.0969 e. The van der Waals surface area contributed by atoms with E-state index in [0.29, 0.717) is 11.8 Å². The summed E-state index contributed by atoms with van der Waals surface area (Å²) in [5.74, 6) is 1.40. The maximum atomic E-state index is 5.14. The van der Waals surface area contributed by atoms with E-state index in [0.717, 1.165) is 0 Å². The highest BCUT2D eigenvalue weighted by atomic mass is 32.1. The van der Waals surface area contributed by atoms with Crippen molar-refractivity contribution in [3.05, 3.63) is 22.7 Å². The van der Waals surface area contributed by atoms with Gasteiger partial charge in [-0.15, -0.1) is 24.0 Å². The van der Waals surface area contributed by atoms with Crippen molar-refractivity contribution in [2.75, 3.05) is 0 Å². The first-order valence-electron chi connectivity index (χ1n) is 8.95. The van der Waals surface area contributed by atoms with Crippen LogP contribution in [0.3, 0.4) is 0 Å². The average Bonchev–Trinajstić information content (AvgIpc) is 3.00. The predicted octanol–water partition coefficient (Wildman–Crippen LogP) is 6.68. The molecule has 2 aliphatic rings. The minimum absolute atomic E-state index is 0.686. The van der Waals surface area contributed by atoms with Crippen LogP contribution < -0.4 is 0 Å². The molecule has 0 saturated heterocycles. The molecule has 2 saturated carbocycles. The minimum atomic E-state index is 0.686. The van der Waals surface area contributed by atoms with Gasteiger partial charge in [0.05, 0.1) is 15.2 Å². The van der Waals surface area contributed by atoms with Gasteiger partial charge in [0.25, 0.3) is 0 Å². The van der Waals surface area contributed by atoms with E-state index in [1.807, 2.05) is 11.3 Å². The number of rotatable bonds is 2. The van der Waals surface area contributed by atoms with E-state index in [1.54, 1.807) is 0 Å². The molecule has 0 unspecified atom stereocenters. The molecular formula is C19H25NS2. The van der Waals surface area contributed by atoms with Crippen LogP contribution in [-0.4, -0.2) is 4.98 Å². The second-order valence-electron chi connectivity index (χ2n) is 7.07. The van der Waals surface area contributed by atoms with E-state index < -0.39 is 0 Å². The van der Waals surface area contributed by atoms with Crippen LogP contribution in [0.15, 0.2) is 17.0 Å². The molecular weight excluding hydrogens is 306 g/mol. The lowest BCUT2D eigenvalue weighted by atomic mass is 9.83. The SMILES string of the molecule is Sc1ccc2sc(C3CCCCC3)nc2c1C1CCCCC1. The minimum Gasteiger partial charge on any atom is -0.241 e. The number of hydrogen-bond donors (Lipinski definition) is 1. The number of thiol groups is 1. The Morgan fingerprint density at radius 2 is 1.50 bits per heavy atom. The Labute approximate surface area is 142 Å². The Morgan fingerprint density at radius 3 is 2.18 bits per heavy atom. The third kappa shape index (κ3) is 2.82. The average molecular weight is 332 g/mol. The van der Waals surface area contributed by atoms with Crippen molar-refractivity contribution in [2.24, 2.45) is 0 Å². The molecule has 1 aromatic carbocycles. The van der Waals surface area contributed by atoms with Crippen molar-refractivity contribution in [3.8, 4) is 0 Å². The molecule has 0 atom stereocenters. The van der Waals surface area contributed by atoms with Gasteiger partial charge >= 0.3 is 0 Å². The number of nitrogens with zero attached hydrogens (tertiary/aromatic N) is 1. The zero-order valence-corrected chi connectivity index (χ0v) is 14.9. The van der Waals surface area contributed by atoms with Crippen LogP contribution in [-0.2, 0) is 0 Å². The number of thiazole rings is 1. The van der Waals surface area contributed by atoms with Crippen LogP contribution in [0.25, 0.3) is 10.2 Å². The van der Waals surface area contributed by atoms with Crippen LogP contribution in [0.4, 0.5) is 0 Å². The molecule has 22 heavy (non-hydrogen) atoms. The molecule has 2 aliphatic carbocycles. The summed E-state index contributed by atoms with van der Waals surface area (Å²) in [7, 11) is 0. The predicted molar refractivity (Wildman–Crippen MR) is 98.5 cm³/mol. The fourth-order valence-corrected chi connectivity index (χ4v) is 5.85. The number of aromatic nitrogens is 1. The first-order chi connectivity index (χ1) is 10.8. The van der Waals surface area contributed by atoms with Crippen LogP contribution in [0, 0.1) is 0 Å². The van der Waals surface area contributed by atoms with E-state index in [2.05, 4.69) is 12.1 Å². The summed E-state index contributed by atoms with van der Waals surface area (Å²) >= 11 is 6.73. The van der Waals surface area contributed by atoms with E-state index >= 15 is 0 Å². The summed E-state index contributed by atoms with van der Waals surface area (Å²) in [6, 6.07) is 4.45. The molecule has 2 aromatic rings. The summed E-state index contributed by atoms with van der Waals surface area (Å²) in [5, 5.41) is 1.39. The second kappa shape index (κ2) is 6.52. The molecule has 0 radical (unpaired) electrons. The van der Waals surface area contributed by atoms with Gasteiger partial charge in [-0.2, -0.15) is 0 Å². The van der Waals surface area contributed by atoms with Crippen LogP contribution >= 0.6 is 24.0 Å². The van der Waals surface area contributed by atoms with Crippen molar-refractivity contribution in [1.29, 1.82) is 0 Å². The van der Waals surface area contributed by atoms with Gasteiger partial charge in [0.15, 0.2) is 0 Å². The Morgan fingerprint density at radius 1 is 0.864 bits per heavy atom. The largest absolute Gasteiger partial charge is 0.241 e. The Bertz CT molecular complexity index is 649. The van der Waals surface area contributed by atoms with E-state index in [-0.39, 0.29) is 0 Å². The summed E-state index contributed by atoms with van der Waals surface area (Å²) in [6.07, 6.45) is 13.6. The van der Waals surface area contributed by atoms with Gasteiger partial charge in [-0.1, -0.05) is 38.5 Å². The first-order valence-corrected chi connectivity index (χ1v) is 10.2. The van der Waals surface area contributed by atoms with Gasteiger partial charge in [-0.3, -0.25) is 0 Å². The zero-order chi connectivity index (χ0) is 14.9. The number of fused-ring (bicyclic) bond motifs is 1. The Kier molecular flexibility index (Phi) is 4.45. The van der Waals surface area contributed by atoms with Crippen LogP contribution in [0.5, 0.6) is 0 Å². The number of benzene rings is 1. The van der Waals surface area contributed by atoms with Gasteiger partial charge in [0.1, 0.15) is 0 Å². The molecule has 1 heterocycles. The second-order valence-corrected chi connectivity index (χ2v) is 8.61. The lowest BCUT2D eigenvalue weighted by Gasteiger charge is -2.23. The molecule has 3 heteroatoms. The maximum Gasteiger partial charge on any atom is 0.0969 e. The van der Waals surface area contributed by atoms with E-state index in [9.17, 15) is 0 Å². The lowest BCUT2D eigenvalue weighted by molar-refractivity contribution is 0.439. The van der Waals surface area contributed by atoms with Crippen LogP contribution in [0.2, 0.25) is 0 Å². The monoisotopic (exact) mass is 331 g/mol. The quantitative estimate of drug-likeness (QED) is 0.605. The molecule has 0 amide bonds. The molecule has 1 nitrogen and oxygen atoms in total. The summed E-state index contributed by atoms with van der Waals surface area (Å²) < 4.78 is 1.39. The topological polar surface area (TPSA) is 12.9 Å². The van der Waals surface area contributed by atoms with E-state index in [1.165, 1.54) is 89.9 Å². The third-order valence-electron chi connectivity index (χ3n) is 5.56. The normalized spacial score (nSPS) is 21.5. The van der Waals surface area contributed by atoms with Crippen molar-refractivity contribution in [1.82, 2.24) is 4.98 Å². The fraction of sp³-hybridized carbons (Fsp3) is 0.632. The molecule has 0 N–H and O–H groups in total. The molecule has 4 rings (SSSR count). The summed E-state index contributed by atoms with van der Waals surface area (Å²) in [6.45, 7) is 0. The lowest BCUT2D eigenvalue weighted by Crippen LogP contribution is -2.07. The molecule has 1 aromatic heterocycles. The van der Waals surface area contributed by atoms with Gasteiger partial charge in [-0.25, -0.2) is 4.98 Å². The van der Waals surface area contributed by atoms with E-state index in [4.69, 9.17) is 17.6 Å². The van der Waals surface area contributed by atoms with Gasteiger partial charge in [0.2, 0.25) is 0 Å². The maximum absolute atomic E-state index is 5.14. The van der Waals surface area contributed by atoms with Crippen molar-refractivity contribution in [3.63, 3.8) is 0 Å². The highest BCUT2D eigenvalue weighted by Gasteiger charge is 2.24. The third-order valence-corrected chi connectivity index (χ3v) is 7.13. The standard InChI is InChI=1S/C19H25NS2/c21-15-11-12-16-18(17(15)13-7-3-1-4-8-13)20-19(22-16)14-9-5-2-6-10-14/h11-14,21H,1-10H2. The van der Waals surface area contributed by atoms with Crippen molar-refractivity contribution < 1.29 is 0 Å². The highest BCUT2D eigenvalue weighted by molar-refractivity contribution is 7.80. The fourth-order valence-electron chi connectivity index (χ4n) is 4.34. The summed E-state index contributed by atoms with van der Waals surface area (Å²) in [5.41, 5.74) is 2.74. The molecule has 118 valence electrons. The Hall–Kier alpha value is -0.540. The molecule has 0 aliphatic heterocycles. The van der Waals surface area contributed by atoms with Gasteiger partial charge < -0.3 is 0 Å². The first kappa shape index (κ1) is 15.0. The van der Waals surface area contributed by atoms with Crippen molar-refractivity contribution in [2.45, 2.75) is 80.9 Å².